The Balaban J connectivity index is 1.68. The van der Waals surface area contributed by atoms with E-state index in [-0.39, 0.29) is 5.91 Å². The van der Waals surface area contributed by atoms with Crippen LogP contribution in [0.5, 0.6) is 0 Å². The zero-order valence-electron chi connectivity index (χ0n) is 14.5. The molecule has 0 radical (unpaired) electrons. The highest BCUT2D eigenvalue weighted by atomic mass is 16.3. The molecule has 0 spiro atoms. The molecular formula is C18H18N6O2. The van der Waals surface area contributed by atoms with Gasteiger partial charge in [-0.05, 0) is 32.0 Å². The van der Waals surface area contributed by atoms with Crippen molar-refractivity contribution in [2.75, 3.05) is 0 Å². The summed E-state index contributed by atoms with van der Waals surface area (Å²) in [7, 11) is 0. The first-order chi connectivity index (χ1) is 12.7. The summed E-state index contributed by atoms with van der Waals surface area (Å²) in [5, 5.41) is 11.7. The van der Waals surface area contributed by atoms with E-state index in [0.29, 0.717) is 23.5 Å². The van der Waals surface area contributed by atoms with Crippen LogP contribution in [0.15, 0.2) is 47.5 Å². The largest absolute Gasteiger partial charge is 0.467 e. The van der Waals surface area contributed by atoms with Gasteiger partial charge in [0, 0.05) is 24.5 Å². The van der Waals surface area contributed by atoms with E-state index in [1.807, 2.05) is 30.8 Å². The molecule has 0 aliphatic rings. The normalized spacial score (nSPS) is 11.2. The molecule has 0 aliphatic carbocycles. The molecule has 0 aliphatic heterocycles. The van der Waals surface area contributed by atoms with Crippen LogP contribution >= 0.6 is 0 Å². The third-order valence-corrected chi connectivity index (χ3v) is 4.20. The lowest BCUT2D eigenvalue weighted by Crippen LogP contribution is -2.22. The molecule has 1 amide bonds. The Labute approximate surface area is 149 Å². The van der Waals surface area contributed by atoms with Crippen LogP contribution in [0, 0.1) is 6.92 Å². The number of aromatic nitrogens is 5. The second-order valence-corrected chi connectivity index (χ2v) is 5.87. The van der Waals surface area contributed by atoms with Gasteiger partial charge in [0.2, 0.25) is 0 Å². The minimum absolute atomic E-state index is 0.248. The van der Waals surface area contributed by atoms with Crippen LogP contribution in [0.4, 0.5) is 0 Å². The molecule has 0 fully saturated rings. The smallest absolute Gasteiger partial charge is 0.257 e. The summed E-state index contributed by atoms with van der Waals surface area (Å²) >= 11 is 0. The summed E-state index contributed by atoms with van der Waals surface area (Å²) in [6, 6.07) is 5.46. The van der Waals surface area contributed by atoms with Gasteiger partial charge < -0.3 is 9.73 Å². The van der Waals surface area contributed by atoms with Crippen LogP contribution in [0.1, 0.15) is 28.7 Å². The van der Waals surface area contributed by atoms with E-state index in [1.54, 1.807) is 29.1 Å². The molecule has 0 aromatic carbocycles. The van der Waals surface area contributed by atoms with E-state index in [4.69, 9.17) is 4.42 Å². The standard InChI is InChI=1S/C18H18N6O2/c1-3-23-11-15(12(2)22-23)16-6-7-19-17-14(10-21-24(16)17)18(25)20-9-13-5-4-8-26-13/h4-8,10-11H,3,9H2,1-2H3,(H,20,25). The molecule has 8 heteroatoms. The van der Waals surface area contributed by atoms with Crippen LogP contribution in [0.3, 0.4) is 0 Å². The summed E-state index contributed by atoms with van der Waals surface area (Å²) in [4.78, 5) is 16.9. The number of carbonyl (C=O) groups excluding carboxylic acids is 1. The highest BCUT2D eigenvalue weighted by Gasteiger charge is 2.18. The second kappa shape index (κ2) is 6.47. The SMILES string of the molecule is CCn1cc(-c2ccnc3c(C(=O)NCc4ccco4)cnn23)c(C)n1. The van der Waals surface area contributed by atoms with Gasteiger partial charge in [0.1, 0.15) is 11.3 Å². The van der Waals surface area contributed by atoms with Crippen molar-refractivity contribution in [2.24, 2.45) is 0 Å². The molecule has 4 aromatic heterocycles. The number of amides is 1. The molecule has 1 N–H and O–H groups in total. The fraction of sp³-hybridized carbons (Fsp3) is 0.222. The molecule has 0 unspecified atom stereocenters. The minimum Gasteiger partial charge on any atom is -0.467 e. The van der Waals surface area contributed by atoms with Gasteiger partial charge in [-0.15, -0.1) is 0 Å². The lowest BCUT2D eigenvalue weighted by atomic mass is 10.2. The van der Waals surface area contributed by atoms with Crippen molar-refractivity contribution in [1.29, 1.82) is 0 Å². The Morgan fingerprint density at radius 2 is 2.23 bits per heavy atom. The molecule has 4 aromatic rings. The Kier molecular flexibility index (Phi) is 4.00. The molecule has 0 atom stereocenters. The van der Waals surface area contributed by atoms with E-state index in [0.717, 1.165) is 23.5 Å². The molecule has 4 heterocycles. The number of hydrogen-bond acceptors (Lipinski definition) is 5. The third-order valence-electron chi connectivity index (χ3n) is 4.20. The van der Waals surface area contributed by atoms with Crippen molar-refractivity contribution in [2.45, 2.75) is 26.9 Å². The van der Waals surface area contributed by atoms with Gasteiger partial charge >= 0.3 is 0 Å². The number of nitrogens with zero attached hydrogens (tertiary/aromatic N) is 5. The topological polar surface area (TPSA) is 90.2 Å². The summed E-state index contributed by atoms with van der Waals surface area (Å²) in [6.45, 7) is 5.09. The minimum atomic E-state index is -0.248. The lowest BCUT2D eigenvalue weighted by Gasteiger charge is -2.04. The molecule has 26 heavy (non-hydrogen) atoms. The van der Waals surface area contributed by atoms with Gasteiger partial charge in [-0.3, -0.25) is 9.48 Å². The van der Waals surface area contributed by atoms with E-state index in [1.165, 1.54) is 6.20 Å². The van der Waals surface area contributed by atoms with Gasteiger partial charge in [0.05, 0.1) is 30.4 Å². The van der Waals surface area contributed by atoms with Gasteiger partial charge in [0.25, 0.3) is 5.91 Å². The molecule has 0 saturated carbocycles. The monoisotopic (exact) mass is 350 g/mol. The molecule has 0 saturated heterocycles. The first-order valence-electron chi connectivity index (χ1n) is 8.35. The van der Waals surface area contributed by atoms with Crippen LogP contribution in [0.2, 0.25) is 0 Å². The van der Waals surface area contributed by atoms with Crippen LogP contribution in [-0.4, -0.2) is 30.3 Å². The molecule has 8 nitrogen and oxygen atoms in total. The zero-order chi connectivity index (χ0) is 18.1. The van der Waals surface area contributed by atoms with Crippen molar-refractivity contribution >= 4 is 11.6 Å². The van der Waals surface area contributed by atoms with Gasteiger partial charge in [0.15, 0.2) is 5.65 Å². The average molecular weight is 350 g/mol. The predicted octanol–water partition coefficient (Wildman–Crippen LogP) is 2.44. The Morgan fingerprint density at radius 1 is 1.35 bits per heavy atom. The van der Waals surface area contributed by atoms with Gasteiger partial charge in [-0.25, -0.2) is 9.50 Å². The van der Waals surface area contributed by atoms with Crippen LogP contribution in [0.25, 0.3) is 16.9 Å². The quantitative estimate of drug-likeness (QED) is 0.597. The van der Waals surface area contributed by atoms with Crippen molar-refractivity contribution < 1.29 is 9.21 Å². The lowest BCUT2D eigenvalue weighted by molar-refractivity contribution is 0.0949. The number of nitrogens with one attached hydrogen (secondary N) is 1. The molecular weight excluding hydrogens is 332 g/mol. The first-order valence-corrected chi connectivity index (χ1v) is 8.35. The van der Waals surface area contributed by atoms with E-state index in [9.17, 15) is 4.79 Å². The van der Waals surface area contributed by atoms with Crippen molar-refractivity contribution in [3.63, 3.8) is 0 Å². The summed E-state index contributed by atoms with van der Waals surface area (Å²) in [5.74, 6) is 0.438. The number of carbonyl (C=O) groups is 1. The maximum absolute atomic E-state index is 12.5. The van der Waals surface area contributed by atoms with Crippen LogP contribution in [-0.2, 0) is 13.1 Å². The zero-order valence-corrected chi connectivity index (χ0v) is 14.5. The highest BCUT2D eigenvalue weighted by molar-refractivity contribution is 5.99. The Hall–Kier alpha value is -3.42. The summed E-state index contributed by atoms with van der Waals surface area (Å²) < 4.78 is 8.78. The first kappa shape index (κ1) is 16.1. The van der Waals surface area contributed by atoms with Crippen molar-refractivity contribution in [3.8, 4) is 11.3 Å². The fourth-order valence-corrected chi connectivity index (χ4v) is 2.86. The predicted molar refractivity (Wildman–Crippen MR) is 94.5 cm³/mol. The van der Waals surface area contributed by atoms with Gasteiger partial charge in [-0.1, -0.05) is 0 Å². The van der Waals surface area contributed by atoms with E-state index >= 15 is 0 Å². The van der Waals surface area contributed by atoms with E-state index < -0.39 is 0 Å². The van der Waals surface area contributed by atoms with Crippen LogP contribution < -0.4 is 5.32 Å². The number of rotatable bonds is 5. The maximum Gasteiger partial charge on any atom is 0.257 e. The fourth-order valence-electron chi connectivity index (χ4n) is 2.86. The number of hydrogen-bond donors (Lipinski definition) is 1. The number of fused-ring (bicyclic) bond motifs is 1. The second-order valence-electron chi connectivity index (χ2n) is 5.87. The van der Waals surface area contributed by atoms with Crippen molar-refractivity contribution in [3.05, 3.63) is 60.1 Å². The summed E-state index contributed by atoms with van der Waals surface area (Å²) in [6.07, 6.45) is 6.76. The number of aryl methyl sites for hydroxylation is 2. The van der Waals surface area contributed by atoms with E-state index in [2.05, 4.69) is 20.5 Å². The van der Waals surface area contributed by atoms with Gasteiger partial charge in [-0.2, -0.15) is 10.2 Å². The number of furan rings is 1. The average Bonchev–Trinajstić information content (AvgIpc) is 3.38. The maximum atomic E-state index is 12.5. The highest BCUT2D eigenvalue weighted by Crippen LogP contribution is 2.23. The molecule has 0 bridgehead atoms. The Bertz CT molecular complexity index is 1060. The Morgan fingerprint density at radius 3 is 2.96 bits per heavy atom. The summed E-state index contributed by atoms with van der Waals surface area (Å²) in [5.41, 5.74) is 3.63. The molecule has 132 valence electrons. The third kappa shape index (κ3) is 2.75. The molecule has 4 rings (SSSR count). The van der Waals surface area contributed by atoms with Crippen molar-refractivity contribution in [1.82, 2.24) is 29.7 Å².